The Kier molecular flexibility index (Phi) is 6.78. The Bertz CT molecular complexity index is 1830. The van der Waals surface area contributed by atoms with Gasteiger partial charge in [-0.05, 0) is 60.5 Å². The number of aryl methyl sites for hydroxylation is 1. The Morgan fingerprint density at radius 1 is 0.923 bits per heavy atom. The van der Waals surface area contributed by atoms with Gasteiger partial charge in [0.05, 0.1) is 33.2 Å². The number of halogens is 5. The van der Waals surface area contributed by atoms with Gasteiger partial charge in [0.1, 0.15) is 5.82 Å². The van der Waals surface area contributed by atoms with Crippen molar-refractivity contribution in [3.63, 3.8) is 0 Å². The van der Waals surface area contributed by atoms with E-state index in [1.807, 2.05) is 0 Å². The van der Waals surface area contributed by atoms with Crippen LogP contribution in [-0.2, 0) is 16.0 Å². The highest BCUT2D eigenvalue weighted by Crippen LogP contribution is 2.36. The number of imidazole rings is 1. The number of hydrogen-bond acceptors (Lipinski definition) is 5. The number of nitrogens with zero attached hydrogens (tertiary/aromatic N) is 5. The van der Waals surface area contributed by atoms with E-state index >= 15 is 0 Å². The topological polar surface area (TPSA) is 82.7 Å². The van der Waals surface area contributed by atoms with E-state index in [2.05, 4.69) is 15.3 Å². The summed E-state index contributed by atoms with van der Waals surface area (Å²) in [4.78, 5) is 3.82. The van der Waals surface area contributed by atoms with E-state index in [1.54, 1.807) is 48.5 Å². The molecule has 0 radical (unpaired) electrons. The van der Waals surface area contributed by atoms with Gasteiger partial charge in [0.25, 0.3) is 0 Å². The second-order valence-corrected chi connectivity index (χ2v) is 11.6. The largest absolute Gasteiger partial charge is 0.434 e. The molecule has 5 aromatic rings. The number of benzene rings is 3. The molecule has 0 saturated carbocycles. The molecule has 0 saturated heterocycles. The predicted octanol–water partition coefficient (Wildman–Crippen LogP) is 6.82. The summed E-state index contributed by atoms with van der Waals surface area (Å²) in [5, 5.41) is 8.98. The summed E-state index contributed by atoms with van der Waals surface area (Å²) in [5.74, 6) is 0.0987. The Hall–Kier alpha value is -3.67. The first-order valence-corrected chi connectivity index (χ1v) is 13.9. The van der Waals surface area contributed by atoms with Crippen LogP contribution in [0.4, 0.5) is 13.2 Å². The van der Waals surface area contributed by atoms with Crippen molar-refractivity contribution >= 4 is 33.0 Å². The maximum absolute atomic E-state index is 13.5. The highest BCUT2D eigenvalue weighted by Gasteiger charge is 2.34. The number of hydrogen-bond donors (Lipinski definition) is 0. The highest BCUT2D eigenvalue weighted by molar-refractivity contribution is 7.90. The summed E-state index contributed by atoms with van der Waals surface area (Å²) >= 11 is 12.5. The van der Waals surface area contributed by atoms with Gasteiger partial charge in [-0.2, -0.15) is 13.2 Å². The van der Waals surface area contributed by atoms with Crippen LogP contribution in [0.5, 0.6) is 0 Å². The van der Waals surface area contributed by atoms with E-state index in [-0.39, 0.29) is 10.7 Å². The predicted molar refractivity (Wildman–Crippen MR) is 142 cm³/mol. The quantitative estimate of drug-likeness (QED) is 0.224. The molecule has 3 aromatic carbocycles. The first kappa shape index (κ1) is 26.9. The molecule has 2 heterocycles. The van der Waals surface area contributed by atoms with Gasteiger partial charge in [-0.15, -0.1) is 5.10 Å². The summed E-state index contributed by atoms with van der Waals surface area (Å²) in [7, 11) is -3.48. The minimum Gasteiger partial charge on any atom is -0.301 e. The van der Waals surface area contributed by atoms with Crippen molar-refractivity contribution < 1.29 is 21.6 Å². The zero-order valence-corrected chi connectivity index (χ0v) is 22.6. The van der Waals surface area contributed by atoms with E-state index < -0.39 is 21.7 Å². The summed E-state index contributed by atoms with van der Waals surface area (Å²) in [6, 6.07) is 16.2. The van der Waals surface area contributed by atoms with Crippen LogP contribution < -0.4 is 0 Å². The van der Waals surface area contributed by atoms with E-state index in [1.165, 1.54) is 34.5 Å². The van der Waals surface area contributed by atoms with Crippen LogP contribution in [-0.4, -0.2) is 39.2 Å². The third-order valence-corrected chi connectivity index (χ3v) is 7.65. The molecule has 0 spiro atoms. The molecule has 5 rings (SSSR count). The minimum absolute atomic E-state index is 0.0987. The van der Waals surface area contributed by atoms with Gasteiger partial charge in [0, 0.05) is 23.0 Å². The molecule has 0 unspecified atom stereocenters. The standard InChI is InChI=1S/C26H18Cl2F3N5O2S/c1-15-33-25(26(29,30)31)14-35(15)22-9-6-17(16-4-3-5-19(10-16)39(2,37)38)11-23(22)36-24(13-32-34-36)20-8-7-18(27)12-21(20)28/h3-14H,1-2H3. The van der Waals surface area contributed by atoms with Crippen LogP contribution in [0.25, 0.3) is 33.8 Å². The van der Waals surface area contributed by atoms with Crippen molar-refractivity contribution in [3.8, 4) is 33.8 Å². The number of aromatic nitrogens is 5. The van der Waals surface area contributed by atoms with E-state index in [4.69, 9.17) is 23.2 Å². The van der Waals surface area contributed by atoms with Crippen molar-refractivity contribution in [3.05, 3.63) is 94.6 Å². The van der Waals surface area contributed by atoms with Crippen LogP contribution in [0.2, 0.25) is 10.0 Å². The highest BCUT2D eigenvalue weighted by atomic mass is 35.5. The molecule has 39 heavy (non-hydrogen) atoms. The molecular weight excluding hydrogens is 574 g/mol. The lowest BCUT2D eigenvalue weighted by Crippen LogP contribution is -2.08. The molecule has 13 heteroatoms. The fourth-order valence-electron chi connectivity index (χ4n) is 4.13. The summed E-state index contributed by atoms with van der Waals surface area (Å²) < 4.78 is 67.5. The van der Waals surface area contributed by atoms with Gasteiger partial charge in [-0.3, -0.25) is 0 Å². The summed E-state index contributed by atoms with van der Waals surface area (Å²) in [6.07, 6.45) is -1.16. The van der Waals surface area contributed by atoms with Crippen LogP contribution in [0.1, 0.15) is 11.5 Å². The molecule has 0 aliphatic carbocycles. The third kappa shape index (κ3) is 5.29. The number of alkyl halides is 3. The van der Waals surface area contributed by atoms with Crippen LogP contribution >= 0.6 is 23.2 Å². The molecule has 0 atom stereocenters. The van der Waals surface area contributed by atoms with Crippen molar-refractivity contribution in [2.75, 3.05) is 6.26 Å². The normalized spacial score (nSPS) is 12.2. The second-order valence-electron chi connectivity index (χ2n) is 8.70. The summed E-state index contributed by atoms with van der Waals surface area (Å²) in [5.41, 5.74) is 1.80. The van der Waals surface area contributed by atoms with Crippen molar-refractivity contribution in [2.24, 2.45) is 0 Å². The lowest BCUT2D eigenvalue weighted by molar-refractivity contribution is -0.141. The van der Waals surface area contributed by atoms with Crippen molar-refractivity contribution in [2.45, 2.75) is 18.0 Å². The monoisotopic (exact) mass is 591 g/mol. The average molecular weight is 592 g/mol. The lowest BCUT2D eigenvalue weighted by atomic mass is 10.0. The van der Waals surface area contributed by atoms with Gasteiger partial charge in [0.15, 0.2) is 15.5 Å². The van der Waals surface area contributed by atoms with E-state index in [9.17, 15) is 21.6 Å². The molecule has 0 N–H and O–H groups in total. The first-order chi connectivity index (χ1) is 18.3. The maximum Gasteiger partial charge on any atom is 0.434 e. The van der Waals surface area contributed by atoms with Gasteiger partial charge < -0.3 is 4.57 Å². The van der Waals surface area contributed by atoms with Crippen LogP contribution in [0.15, 0.2) is 78.0 Å². The molecule has 7 nitrogen and oxygen atoms in total. The fraction of sp³-hybridized carbons (Fsp3) is 0.115. The van der Waals surface area contributed by atoms with Gasteiger partial charge in [-0.1, -0.05) is 46.6 Å². The molecule has 0 bridgehead atoms. The summed E-state index contributed by atoms with van der Waals surface area (Å²) in [6.45, 7) is 1.46. The van der Waals surface area contributed by atoms with E-state index in [0.717, 1.165) is 12.5 Å². The fourth-order valence-corrected chi connectivity index (χ4v) is 5.30. The number of sulfone groups is 1. The Morgan fingerprint density at radius 2 is 1.67 bits per heavy atom. The Labute approximate surface area is 231 Å². The average Bonchev–Trinajstić information content (AvgIpc) is 3.50. The molecule has 200 valence electrons. The second kappa shape index (κ2) is 9.82. The van der Waals surface area contributed by atoms with Crippen LogP contribution in [0, 0.1) is 6.92 Å². The smallest absolute Gasteiger partial charge is 0.301 e. The lowest BCUT2D eigenvalue weighted by Gasteiger charge is -2.16. The Balaban J connectivity index is 1.76. The molecule has 0 aliphatic heterocycles. The molecular formula is C26H18Cl2F3N5O2S. The molecule has 0 fully saturated rings. The Morgan fingerprint density at radius 3 is 2.33 bits per heavy atom. The number of rotatable bonds is 5. The zero-order valence-electron chi connectivity index (χ0n) is 20.3. The van der Waals surface area contributed by atoms with Gasteiger partial charge in [-0.25, -0.2) is 18.1 Å². The van der Waals surface area contributed by atoms with Crippen molar-refractivity contribution in [1.82, 2.24) is 24.5 Å². The maximum atomic E-state index is 13.5. The third-order valence-electron chi connectivity index (χ3n) is 5.99. The van der Waals surface area contributed by atoms with Crippen molar-refractivity contribution in [1.29, 1.82) is 0 Å². The molecule has 2 aromatic heterocycles. The van der Waals surface area contributed by atoms with Gasteiger partial charge >= 0.3 is 6.18 Å². The van der Waals surface area contributed by atoms with E-state index in [0.29, 0.717) is 43.8 Å². The molecule has 0 aliphatic rings. The SMILES string of the molecule is Cc1nc(C(F)(F)F)cn1-c1ccc(-c2cccc(S(C)(=O)=O)c2)cc1-n1nncc1-c1ccc(Cl)cc1Cl. The zero-order chi connectivity index (χ0) is 28.1. The molecule has 0 amide bonds. The first-order valence-electron chi connectivity index (χ1n) is 11.3. The minimum atomic E-state index is -4.64. The van der Waals surface area contributed by atoms with Gasteiger partial charge in [0.2, 0.25) is 0 Å². The van der Waals surface area contributed by atoms with Crippen LogP contribution in [0.3, 0.4) is 0 Å².